The number of likely N-dealkylation sites (tertiary alicyclic amines) is 1. The Labute approximate surface area is 425 Å². The first-order valence-corrected chi connectivity index (χ1v) is 25.7. The number of amides is 3. The van der Waals surface area contributed by atoms with E-state index < -0.39 is 11.5 Å². The Morgan fingerprint density at radius 1 is 0.931 bits per heavy atom. The van der Waals surface area contributed by atoms with Crippen molar-refractivity contribution < 1.29 is 38.2 Å². The highest BCUT2D eigenvalue weighted by atomic mass is 32.1. The lowest BCUT2D eigenvalue weighted by atomic mass is 9.88. The summed E-state index contributed by atoms with van der Waals surface area (Å²) < 4.78 is 23.4. The number of aromatic nitrogens is 2. The molecule has 4 heterocycles. The maximum atomic E-state index is 14.3. The number of hydrogen-bond donors (Lipinski definition) is 2. The van der Waals surface area contributed by atoms with E-state index in [0.717, 1.165) is 56.8 Å². The molecular formula is C57H64N6O8S. The van der Waals surface area contributed by atoms with Gasteiger partial charge in [-0.1, -0.05) is 99.6 Å². The van der Waals surface area contributed by atoms with Crippen molar-refractivity contribution in [1.29, 1.82) is 0 Å². The third-order valence-electron chi connectivity index (χ3n) is 13.4. The molecule has 2 N–H and O–H groups in total. The van der Waals surface area contributed by atoms with Gasteiger partial charge in [0, 0.05) is 32.7 Å². The van der Waals surface area contributed by atoms with Crippen LogP contribution in [0.4, 0.5) is 0 Å². The minimum Gasteiger partial charge on any atom is -0.508 e. The Bertz CT molecular complexity index is 2860. The van der Waals surface area contributed by atoms with Gasteiger partial charge in [0.1, 0.15) is 42.0 Å². The van der Waals surface area contributed by atoms with E-state index in [2.05, 4.69) is 39.5 Å². The van der Waals surface area contributed by atoms with E-state index in [4.69, 9.17) is 18.7 Å². The number of carbonyl (C=O) groups excluding carboxylic acids is 3. The van der Waals surface area contributed by atoms with Crippen LogP contribution in [0.15, 0.2) is 124 Å². The molecule has 1 saturated heterocycles. The molecular weight excluding hydrogens is 929 g/mol. The SMILES string of the molecule is CC/C(=C(/c1ccc(O)cc1)c1ccc(OCCN(C)C(=O)CCCOCCOc2cc(C(C(=O)N3CCC[C@@H]3C3=NC(=O)[C@@](C)(c4ccc(-c5scnc5C)cc4)N3)C(C)C)on2)cc1)c1ccccc1. The zero-order valence-electron chi connectivity index (χ0n) is 41.9. The molecule has 376 valence electrons. The van der Waals surface area contributed by atoms with Crippen LogP contribution in [-0.4, -0.2) is 101 Å². The van der Waals surface area contributed by atoms with Crippen LogP contribution < -0.4 is 14.8 Å². The van der Waals surface area contributed by atoms with Crippen LogP contribution in [0.3, 0.4) is 0 Å². The van der Waals surface area contributed by atoms with E-state index in [9.17, 15) is 19.5 Å². The first kappa shape index (κ1) is 51.3. The first-order valence-electron chi connectivity index (χ1n) is 24.8. The van der Waals surface area contributed by atoms with Crippen molar-refractivity contribution >= 4 is 46.0 Å². The van der Waals surface area contributed by atoms with E-state index in [0.29, 0.717) is 62.9 Å². The molecule has 1 fully saturated rings. The smallest absolute Gasteiger partial charge is 0.277 e. The molecule has 8 rings (SSSR count). The number of nitrogens with one attached hydrogen (secondary N) is 1. The monoisotopic (exact) mass is 992 g/mol. The number of phenols is 1. The van der Waals surface area contributed by atoms with E-state index in [1.165, 1.54) is 5.57 Å². The molecule has 3 amide bonds. The van der Waals surface area contributed by atoms with E-state index >= 15 is 0 Å². The number of ether oxygens (including phenoxy) is 3. The lowest BCUT2D eigenvalue weighted by Crippen LogP contribution is -2.51. The van der Waals surface area contributed by atoms with Crippen molar-refractivity contribution in [3.05, 3.63) is 148 Å². The fourth-order valence-corrected chi connectivity index (χ4v) is 10.2. The summed E-state index contributed by atoms with van der Waals surface area (Å²) in [5.41, 5.74) is 9.07. The number of likely N-dealkylation sites (N-methyl/N-ethyl adjacent to an activating group) is 1. The van der Waals surface area contributed by atoms with Crippen molar-refractivity contribution in [2.24, 2.45) is 10.9 Å². The van der Waals surface area contributed by atoms with Gasteiger partial charge in [-0.25, -0.2) is 4.98 Å². The summed E-state index contributed by atoms with van der Waals surface area (Å²) in [5.74, 6) is 0.936. The molecule has 2 aliphatic heterocycles. The van der Waals surface area contributed by atoms with Crippen molar-refractivity contribution in [1.82, 2.24) is 25.3 Å². The van der Waals surface area contributed by atoms with Gasteiger partial charge in [0.15, 0.2) is 5.76 Å². The lowest BCUT2D eigenvalue weighted by molar-refractivity contribution is -0.134. The Kier molecular flexibility index (Phi) is 16.7. The summed E-state index contributed by atoms with van der Waals surface area (Å²) in [6.45, 7) is 12.1. The highest BCUT2D eigenvalue weighted by Gasteiger charge is 2.47. The normalized spacial score (nSPS) is 17.4. The van der Waals surface area contributed by atoms with Gasteiger partial charge >= 0.3 is 0 Å². The van der Waals surface area contributed by atoms with Gasteiger partial charge in [0.2, 0.25) is 11.8 Å². The molecule has 15 heteroatoms. The van der Waals surface area contributed by atoms with Gasteiger partial charge < -0.3 is 39.0 Å². The Balaban J connectivity index is 0.752. The van der Waals surface area contributed by atoms with Crippen molar-refractivity contribution in [3.63, 3.8) is 0 Å². The van der Waals surface area contributed by atoms with E-state index in [-0.39, 0.29) is 54.5 Å². The molecule has 14 nitrogen and oxygen atoms in total. The maximum absolute atomic E-state index is 14.3. The highest BCUT2D eigenvalue weighted by Crippen LogP contribution is 2.38. The van der Waals surface area contributed by atoms with Gasteiger partial charge in [-0.05, 0) is 114 Å². The summed E-state index contributed by atoms with van der Waals surface area (Å²) in [6.07, 6.45) is 3.15. The Morgan fingerprint density at radius 2 is 1.65 bits per heavy atom. The molecule has 0 radical (unpaired) electrons. The number of phenolic OH excluding ortho intramolecular Hbond substituents is 1. The first-order chi connectivity index (χ1) is 34.8. The van der Waals surface area contributed by atoms with E-state index in [1.807, 2.05) is 117 Å². The third kappa shape index (κ3) is 11.8. The minimum absolute atomic E-state index is 0.00118. The highest BCUT2D eigenvalue weighted by molar-refractivity contribution is 7.13. The average molecular weight is 993 g/mol. The van der Waals surface area contributed by atoms with Gasteiger partial charge in [0.05, 0.1) is 35.3 Å². The molecule has 4 aromatic carbocycles. The predicted molar refractivity (Wildman–Crippen MR) is 280 cm³/mol. The molecule has 0 spiro atoms. The van der Waals surface area contributed by atoms with Crippen molar-refractivity contribution in [2.75, 3.05) is 46.6 Å². The van der Waals surface area contributed by atoms with Crippen LogP contribution in [0, 0.1) is 12.8 Å². The second-order valence-electron chi connectivity index (χ2n) is 18.7. The molecule has 2 aromatic heterocycles. The lowest BCUT2D eigenvalue weighted by Gasteiger charge is -2.31. The molecule has 0 saturated carbocycles. The van der Waals surface area contributed by atoms with Gasteiger partial charge in [-0.2, -0.15) is 4.99 Å². The van der Waals surface area contributed by atoms with Gasteiger partial charge in [-0.3, -0.25) is 14.4 Å². The number of aromatic hydroxyl groups is 1. The number of benzene rings is 4. The summed E-state index contributed by atoms with van der Waals surface area (Å²) in [5, 5.41) is 17.5. The Morgan fingerprint density at radius 3 is 2.33 bits per heavy atom. The topological polar surface area (TPSA) is 169 Å². The molecule has 3 atom stereocenters. The number of aryl methyl sites for hydroxylation is 1. The summed E-state index contributed by atoms with van der Waals surface area (Å²) in [7, 11) is 1.77. The standard InChI is InChI=1S/C57H64N6O8S/c1-7-46(39-13-9-8-10-14-39)52(40-19-25-44(64)26-20-40)41-21-27-45(28-22-41)69-32-30-62(6)50(65)16-12-31-68-33-34-70-49-35-48(71-61-49)51(37(2)3)55(66)63-29-11-15-47(63)54-59-56(67)57(5,60-54)43-23-17-42(18-24-43)53-38(4)58-36-72-53/h8-10,13-14,17-28,35-37,47,51,64H,7,11-12,15-16,29-34H2,1-6H3,(H,59,60,67)/b52-46+/t47-,51?,57-/m1/s1. The molecule has 72 heavy (non-hydrogen) atoms. The maximum Gasteiger partial charge on any atom is 0.277 e. The van der Waals surface area contributed by atoms with Crippen molar-refractivity contribution in [2.45, 2.75) is 84.2 Å². The second-order valence-corrected chi connectivity index (χ2v) is 19.6. The number of nitrogens with zero attached hydrogens (tertiary/aromatic N) is 5. The number of rotatable bonds is 22. The van der Waals surface area contributed by atoms with Crippen LogP contribution in [0.25, 0.3) is 21.6 Å². The number of aliphatic imine (C=N–C) groups is 1. The number of hydrogen-bond acceptors (Lipinski definition) is 12. The number of amidine groups is 1. The van der Waals surface area contributed by atoms with Crippen LogP contribution in [0.2, 0.25) is 0 Å². The van der Waals surface area contributed by atoms with Crippen molar-refractivity contribution in [3.8, 4) is 27.8 Å². The molecule has 1 unspecified atom stereocenters. The Hall–Kier alpha value is -7.10. The van der Waals surface area contributed by atoms with Crippen LogP contribution >= 0.6 is 11.3 Å². The third-order valence-corrected chi connectivity index (χ3v) is 14.4. The predicted octanol–water partition coefficient (Wildman–Crippen LogP) is 10.1. The van der Waals surface area contributed by atoms with Crippen LogP contribution in [-0.2, 0) is 24.7 Å². The van der Waals surface area contributed by atoms with Crippen LogP contribution in [0.5, 0.6) is 17.4 Å². The number of thiazole rings is 1. The molecule has 2 aliphatic rings. The second kappa shape index (κ2) is 23.4. The molecule has 0 bridgehead atoms. The fourth-order valence-electron chi connectivity index (χ4n) is 9.44. The summed E-state index contributed by atoms with van der Waals surface area (Å²) >= 11 is 1.58. The van der Waals surface area contributed by atoms with Gasteiger partial charge in [0.25, 0.3) is 11.8 Å². The fraction of sp³-hybridized carbons (Fsp3) is 0.368. The van der Waals surface area contributed by atoms with Crippen LogP contribution in [0.1, 0.15) is 99.4 Å². The zero-order valence-corrected chi connectivity index (χ0v) is 42.7. The zero-order chi connectivity index (χ0) is 50.8. The largest absolute Gasteiger partial charge is 0.508 e. The number of allylic oxidation sites excluding steroid dienone is 1. The summed E-state index contributed by atoms with van der Waals surface area (Å²) in [4.78, 5) is 54.2. The van der Waals surface area contributed by atoms with Gasteiger partial charge in [-0.15, -0.1) is 11.3 Å². The quantitative estimate of drug-likeness (QED) is 0.0491. The average Bonchev–Trinajstić information content (AvgIpc) is 4.22. The number of carbonyl (C=O) groups is 3. The van der Waals surface area contributed by atoms with E-state index in [1.54, 1.807) is 41.5 Å². The summed E-state index contributed by atoms with van der Waals surface area (Å²) in [6, 6.07) is 34.8. The molecule has 6 aromatic rings. The molecule has 0 aliphatic carbocycles. The minimum atomic E-state index is -1.06.